The predicted octanol–water partition coefficient (Wildman–Crippen LogP) is 18.1. The molecular formula is C79H114N2O20. The van der Waals surface area contributed by atoms with Crippen LogP contribution >= 0.6 is 0 Å². The largest absolute Gasteiger partial charge is 0.490 e. The quantitative estimate of drug-likeness (QED) is 0.0152. The van der Waals surface area contributed by atoms with E-state index in [1.54, 1.807) is 60.7 Å². The van der Waals surface area contributed by atoms with Gasteiger partial charge in [0.1, 0.15) is 62.3 Å². The molecule has 0 saturated carbocycles. The molecule has 0 radical (unpaired) electrons. The molecule has 0 aromatic heterocycles. The summed E-state index contributed by atoms with van der Waals surface area (Å²) in [7, 11) is 0. The zero-order chi connectivity index (χ0) is 72.3. The van der Waals surface area contributed by atoms with Crippen LogP contribution in [0.15, 0.2) is 97.1 Å². The summed E-state index contributed by atoms with van der Waals surface area (Å²) in [6, 6.07) is 25.0. The van der Waals surface area contributed by atoms with Gasteiger partial charge >= 0.3 is 11.9 Å². The Morgan fingerprint density at radius 2 is 0.574 bits per heavy atom. The molecule has 5 aromatic carbocycles. The van der Waals surface area contributed by atoms with Gasteiger partial charge in [-0.15, -0.1) is 0 Å². The van der Waals surface area contributed by atoms with E-state index in [4.69, 9.17) is 66.3 Å². The second-order valence-corrected chi connectivity index (χ2v) is 24.5. The van der Waals surface area contributed by atoms with Gasteiger partial charge in [-0.05, 0) is 73.9 Å². The molecule has 0 bridgehead atoms. The third-order valence-corrected chi connectivity index (χ3v) is 16.2. The lowest BCUT2D eigenvalue weighted by Crippen LogP contribution is -2.20. The van der Waals surface area contributed by atoms with E-state index in [0.717, 1.165) is 103 Å². The van der Waals surface area contributed by atoms with Crippen LogP contribution in [0.2, 0.25) is 0 Å². The Morgan fingerprint density at radius 1 is 0.307 bits per heavy atom. The molecular weight excluding hydrogens is 1300 g/mol. The summed E-state index contributed by atoms with van der Waals surface area (Å²) in [6.45, 7) is 16.4. The number of hydrogen-bond donors (Lipinski definition) is 0. The lowest BCUT2D eigenvalue weighted by molar-refractivity contribution is -0.386. The number of nitro groups is 2. The number of carbonyl (C=O) groups excluding carboxylic acids is 2. The van der Waals surface area contributed by atoms with Crippen LogP contribution in [0, 0.1) is 20.2 Å². The Labute approximate surface area is 599 Å². The molecule has 0 saturated heterocycles. The molecule has 0 aliphatic carbocycles. The van der Waals surface area contributed by atoms with Gasteiger partial charge in [-0.25, -0.2) is 9.59 Å². The zero-order valence-electron chi connectivity index (χ0n) is 61.0. The molecule has 0 fully saturated rings. The molecule has 0 aliphatic rings. The Bertz CT molecular complexity index is 3080. The maximum absolute atomic E-state index is 15.5. The predicted molar refractivity (Wildman–Crippen MR) is 389 cm³/mol. The highest BCUT2D eigenvalue weighted by Crippen LogP contribution is 2.45. The Balaban J connectivity index is 1.63. The highest BCUT2D eigenvalue weighted by Gasteiger charge is 2.35. The molecule has 0 amide bonds. The number of unbranched alkanes of at least 4 members (excludes halogenated alkanes) is 15. The summed E-state index contributed by atoms with van der Waals surface area (Å²) in [5.41, 5.74) is -0.717. The third-order valence-electron chi connectivity index (χ3n) is 16.2. The second kappa shape index (κ2) is 52.4. The summed E-state index contributed by atoms with van der Waals surface area (Å²) >= 11 is 0. The number of esters is 2. The second-order valence-electron chi connectivity index (χ2n) is 24.5. The Hall–Kier alpha value is -7.60. The molecule has 5 aromatic rings. The van der Waals surface area contributed by atoms with Crippen molar-refractivity contribution in [2.75, 3.05) is 119 Å². The van der Waals surface area contributed by atoms with Crippen molar-refractivity contribution in [2.24, 2.45) is 0 Å². The van der Waals surface area contributed by atoms with Crippen LogP contribution in [0.3, 0.4) is 0 Å². The average Bonchev–Trinajstić information content (AvgIpc) is 0.789. The molecule has 2 atom stereocenters. The fourth-order valence-electron chi connectivity index (χ4n) is 10.9. The fraction of sp³-hybridized carbons (Fsp3) is 0.595. The average molecular weight is 1410 g/mol. The zero-order valence-corrected chi connectivity index (χ0v) is 61.0. The monoisotopic (exact) mass is 1410 g/mol. The van der Waals surface area contributed by atoms with Gasteiger partial charge in [0.05, 0.1) is 72.7 Å². The van der Waals surface area contributed by atoms with E-state index >= 15 is 9.59 Å². The minimum absolute atomic E-state index is 0.0427. The van der Waals surface area contributed by atoms with Gasteiger partial charge in [-0.1, -0.05) is 199 Å². The van der Waals surface area contributed by atoms with Crippen LogP contribution in [0.5, 0.6) is 34.5 Å². The minimum Gasteiger partial charge on any atom is -0.490 e. The lowest BCUT2D eigenvalue weighted by atomic mass is 9.98. The van der Waals surface area contributed by atoms with E-state index in [9.17, 15) is 20.2 Å². The normalized spacial score (nSPS) is 11.8. The standard InChI is InChI=1S/C79H114N2O20/c1-7-13-16-19-22-31-41-91-47-51-95-71-59-66(78(82)100-77(63-36-29-26-30-37-63)65-57-73(97-54-48-92-42-32-23-20-17-14-8-2)75(61-69(65)81(86)87)99-55-49-93-43-33-24-21-18-15-9-3)70(94-50-44-88-38-10-4)58-67(71)79(83)101-76(62-34-27-25-28-35-62)64-56-72(96-52-45-89-39-11-5)74(60-68(64)80(84)85)98-53-46-90-40-12-6/h25-30,34-37,56-61,76-77H,7-24,31-33,38-55H2,1-6H3. The Morgan fingerprint density at radius 3 is 0.861 bits per heavy atom. The smallest absolute Gasteiger partial charge is 0.343 e. The van der Waals surface area contributed by atoms with Crippen molar-refractivity contribution in [3.63, 3.8) is 0 Å². The molecule has 560 valence electrons. The number of ether oxygens (including phenoxy) is 14. The van der Waals surface area contributed by atoms with E-state index < -0.39 is 45.4 Å². The van der Waals surface area contributed by atoms with Crippen molar-refractivity contribution in [1.82, 2.24) is 0 Å². The Kier molecular flexibility index (Phi) is 43.6. The maximum Gasteiger partial charge on any atom is 0.343 e. The molecule has 0 heterocycles. The number of nitrogens with zero attached hydrogens (tertiary/aromatic N) is 2. The van der Waals surface area contributed by atoms with Crippen molar-refractivity contribution in [3.05, 3.63) is 151 Å². The molecule has 22 heteroatoms. The van der Waals surface area contributed by atoms with Gasteiger partial charge in [0, 0.05) is 39.6 Å². The van der Waals surface area contributed by atoms with E-state index in [-0.39, 0.29) is 136 Å². The van der Waals surface area contributed by atoms with Gasteiger partial charge in [0.25, 0.3) is 11.4 Å². The van der Waals surface area contributed by atoms with E-state index in [1.807, 2.05) is 20.8 Å². The van der Waals surface area contributed by atoms with Crippen LogP contribution in [-0.4, -0.2) is 141 Å². The van der Waals surface area contributed by atoms with Crippen LogP contribution in [-0.2, 0) is 37.9 Å². The summed E-state index contributed by atoms with van der Waals surface area (Å²) in [6.07, 6.45) is 18.9. The van der Waals surface area contributed by atoms with Gasteiger partial charge in [0.15, 0.2) is 35.2 Å². The van der Waals surface area contributed by atoms with Gasteiger partial charge in [0.2, 0.25) is 0 Å². The molecule has 101 heavy (non-hydrogen) atoms. The van der Waals surface area contributed by atoms with E-state index in [1.165, 1.54) is 62.1 Å². The van der Waals surface area contributed by atoms with E-state index in [0.29, 0.717) is 57.2 Å². The number of carbonyl (C=O) groups is 2. The molecule has 0 aliphatic heterocycles. The number of benzene rings is 5. The minimum atomic E-state index is -1.47. The van der Waals surface area contributed by atoms with Gasteiger partial charge in [-0.3, -0.25) is 20.2 Å². The van der Waals surface area contributed by atoms with Crippen LogP contribution in [0.25, 0.3) is 0 Å². The van der Waals surface area contributed by atoms with Gasteiger partial charge < -0.3 is 66.3 Å². The SMILES string of the molecule is CCCCCCCCOCCOc1cc(C(OC(=O)c2cc(OCCOCCCCCCCC)c(C(=O)OC(c3ccccc3)c3cc(OCCOCCC)c(OCCOCCC)cc3[N+](=O)[O-])cc2OCCOCCC)c2ccccc2)c([N+](=O)[O-])cc1OCCOCCCCCCCC. The van der Waals surface area contributed by atoms with Crippen molar-refractivity contribution in [2.45, 2.75) is 189 Å². The van der Waals surface area contributed by atoms with Crippen LogP contribution in [0.4, 0.5) is 11.4 Å². The summed E-state index contributed by atoms with van der Waals surface area (Å²) < 4.78 is 85.9. The number of rotatable bonds is 61. The highest BCUT2D eigenvalue weighted by molar-refractivity contribution is 5.99. The highest BCUT2D eigenvalue weighted by atomic mass is 16.6. The molecule has 0 spiro atoms. The third kappa shape index (κ3) is 32.1. The molecule has 22 nitrogen and oxygen atoms in total. The number of nitro benzene ring substituents is 2. The summed E-state index contributed by atoms with van der Waals surface area (Å²) in [4.78, 5) is 56.5. The van der Waals surface area contributed by atoms with Crippen molar-refractivity contribution in [3.8, 4) is 34.5 Å². The van der Waals surface area contributed by atoms with Crippen LogP contribution < -0.4 is 28.4 Å². The molecule has 0 N–H and O–H groups in total. The summed E-state index contributed by atoms with van der Waals surface area (Å²) in [5, 5.41) is 26.7. The fourth-order valence-corrected chi connectivity index (χ4v) is 10.9. The topological polar surface area (TPSA) is 250 Å². The lowest BCUT2D eigenvalue weighted by Gasteiger charge is -2.23. The van der Waals surface area contributed by atoms with Crippen molar-refractivity contribution < 1.29 is 85.8 Å². The van der Waals surface area contributed by atoms with Gasteiger partial charge in [-0.2, -0.15) is 0 Å². The molecule has 5 rings (SSSR count). The van der Waals surface area contributed by atoms with Crippen molar-refractivity contribution in [1.29, 1.82) is 0 Å². The van der Waals surface area contributed by atoms with Crippen LogP contribution in [0.1, 0.15) is 232 Å². The first kappa shape index (κ1) is 84.1. The van der Waals surface area contributed by atoms with Crippen molar-refractivity contribution >= 4 is 23.3 Å². The summed E-state index contributed by atoms with van der Waals surface area (Å²) in [5.74, 6) is -1.98. The maximum atomic E-state index is 15.5. The first-order valence-corrected chi connectivity index (χ1v) is 37.1. The van der Waals surface area contributed by atoms with E-state index in [2.05, 4.69) is 20.8 Å². The number of hydrogen-bond acceptors (Lipinski definition) is 20. The first-order chi connectivity index (χ1) is 49.5. The first-order valence-electron chi connectivity index (χ1n) is 37.1. The molecule has 2 unspecified atom stereocenters.